The van der Waals surface area contributed by atoms with Gasteiger partial charge in [-0.15, -0.1) is 0 Å². The van der Waals surface area contributed by atoms with E-state index in [1.807, 2.05) is 20.8 Å². The molecule has 16 heavy (non-hydrogen) atoms. The van der Waals surface area contributed by atoms with Crippen molar-refractivity contribution >= 4 is 11.6 Å². The number of pyridine rings is 1. The minimum absolute atomic E-state index is 0.113. The van der Waals surface area contributed by atoms with Crippen LogP contribution >= 0.6 is 0 Å². The molecular weight excluding hydrogens is 209 g/mol. The lowest BCUT2D eigenvalue weighted by atomic mass is 10.1. The number of nitrogens with zero attached hydrogens (tertiary/aromatic N) is 1. The Kier molecular flexibility index (Phi) is 3.95. The number of carbonyl (C=O) groups is 1. The summed E-state index contributed by atoms with van der Waals surface area (Å²) in [5.74, 6) is -0.742. The zero-order chi connectivity index (χ0) is 12.2. The molecule has 0 saturated carbocycles. The number of hydrogen-bond donors (Lipinski definition) is 2. The predicted molar refractivity (Wildman–Crippen MR) is 60.6 cm³/mol. The van der Waals surface area contributed by atoms with Gasteiger partial charge in [0.15, 0.2) is 0 Å². The second-order valence-electron chi connectivity index (χ2n) is 4.52. The third-order valence-electron chi connectivity index (χ3n) is 1.79. The highest BCUT2D eigenvalue weighted by Gasteiger charge is 2.11. The smallest absolute Gasteiger partial charge is 0.238 e. The fraction of sp³-hybridized carbons (Fsp3) is 0.455. The molecule has 0 saturated heterocycles. The topological polar surface area (TPSA) is 54.0 Å². The molecule has 0 aliphatic heterocycles. The molecule has 0 aliphatic rings. The number of halogens is 1. The molecule has 1 heterocycles. The van der Waals surface area contributed by atoms with Crippen LogP contribution in [0.15, 0.2) is 18.3 Å². The molecule has 1 amide bonds. The summed E-state index contributed by atoms with van der Waals surface area (Å²) in [7, 11) is 0. The van der Waals surface area contributed by atoms with Gasteiger partial charge in [0.05, 0.1) is 18.4 Å². The first-order chi connectivity index (χ1) is 7.37. The Morgan fingerprint density at radius 1 is 1.44 bits per heavy atom. The number of carbonyl (C=O) groups excluding carboxylic acids is 1. The highest BCUT2D eigenvalue weighted by molar-refractivity contribution is 5.92. The standard InChI is InChI=1S/C11H16FN3O/c1-11(2,3)14-7-10(16)15-8-4-5-9(12)13-6-8/h4-6,14H,7H2,1-3H3,(H,15,16). The lowest BCUT2D eigenvalue weighted by Gasteiger charge is -2.19. The van der Waals surface area contributed by atoms with Crippen LogP contribution in [-0.4, -0.2) is 23.0 Å². The Balaban J connectivity index is 2.43. The number of nitrogens with one attached hydrogen (secondary N) is 2. The van der Waals surface area contributed by atoms with E-state index in [1.54, 1.807) is 0 Å². The monoisotopic (exact) mass is 225 g/mol. The van der Waals surface area contributed by atoms with E-state index in [9.17, 15) is 9.18 Å². The molecule has 0 spiro atoms. The quantitative estimate of drug-likeness (QED) is 0.767. The third kappa shape index (κ3) is 4.84. The summed E-state index contributed by atoms with van der Waals surface area (Å²) in [6.07, 6.45) is 1.28. The molecule has 0 aromatic carbocycles. The van der Waals surface area contributed by atoms with Gasteiger partial charge in [-0.2, -0.15) is 4.39 Å². The van der Waals surface area contributed by atoms with Crippen molar-refractivity contribution in [3.05, 3.63) is 24.3 Å². The van der Waals surface area contributed by atoms with Crippen molar-refractivity contribution in [2.24, 2.45) is 0 Å². The van der Waals surface area contributed by atoms with Crippen molar-refractivity contribution in [3.8, 4) is 0 Å². The van der Waals surface area contributed by atoms with Gasteiger partial charge in [0.1, 0.15) is 0 Å². The van der Waals surface area contributed by atoms with Gasteiger partial charge in [0.25, 0.3) is 0 Å². The van der Waals surface area contributed by atoms with Crippen LogP contribution in [0.25, 0.3) is 0 Å². The van der Waals surface area contributed by atoms with Crippen molar-refractivity contribution in [1.29, 1.82) is 0 Å². The Labute approximate surface area is 94.3 Å². The van der Waals surface area contributed by atoms with Gasteiger partial charge in [-0.3, -0.25) is 4.79 Å². The molecule has 5 heteroatoms. The predicted octanol–water partition coefficient (Wildman–Crippen LogP) is 1.55. The molecular formula is C11H16FN3O. The first kappa shape index (κ1) is 12.6. The van der Waals surface area contributed by atoms with Gasteiger partial charge in [0, 0.05) is 5.54 Å². The van der Waals surface area contributed by atoms with E-state index in [4.69, 9.17) is 0 Å². The summed E-state index contributed by atoms with van der Waals surface area (Å²) in [5.41, 5.74) is 0.375. The maximum absolute atomic E-state index is 12.5. The third-order valence-corrected chi connectivity index (χ3v) is 1.79. The normalized spacial score (nSPS) is 11.2. The molecule has 2 N–H and O–H groups in total. The van der Waals surface area contributed by atoms with Gasteiger partial charge >= 0.3 is 0 Å². The number of rotatable bonds is 3. The highest BCUT2D eigenvalue weighted by atomic mass is 19.1. The summed E-state index contributed by atoms with van der Waals surface area (Å²) >= 11 is 0. The molecule has 0 unspecified atom stereocenters. The first-order valence-corrected chi connectivity index (χ1v) is 5.03. The van der Waals surface area contributed by atoms with E-state index in [0.717, 1.165) is 0 Å². The molecule has 0 fully saturated rings. The van der Waals surface area contributed by atoms with Gasteiger partial charge in [-0.1, -0.05) is 0 Å². The minimum Gasteiger partial charge on any atom is -0.324 e. The Morgan fingerprint density at radius 3 is 2.62 bits per heavy atom. The maximum atomic E-state index is 12.5. The van der Waals surface area contributed by atoms with E-state index in [2.05, 4.69) is 15.6 Å². The van der Waals surface area contributed by atoms with Gasteiger partial charge in [-0.05, 0) is 32.9 Å². The summed E-state index contributed by atoms with van der Waals surface area (Å²) in [6.45, 7) is 6.13. The van der Waals surface area contributed by atoms with E-state index < -0.39 is 5.95 Å². The first-order valence-electron chi connectivity index (χ1n) is 5.03. The molecule has 0 atom stereocenters. The molecule has 1 rings (SSSR count). The number of amides is 1. The van der Waals surface area contributed by atoms with E-state index in [-0.39, 0.29) is 18.0 Å². The number of aromatic nitrogens is 1. The van der Waals surface area contributed by atoms with Gasteiger partial charge in [-0.25, -0.2) is 4.98 Å². The maximum Gasteiger partial charge on any atom is 0.238 e. The van der Waals surface area contributed by atoms with Crippen molar-refractivity contribution in [3.63, 3.8) is 0 Å². The van der Waals surface area contributed by atoms with Crippen LogP contribution in [0, 0.1) is 5.95 Å². The molecule has 1 aromatic heterocycles. The van der Waals surface area contributed by atoms with Crippen molar-refractivity contribution in [1.82, 2.24) is 10.3 Å². The van der Waals surface area contributed by atoms with Crippen molar-refractivity contribution in [2.75, 3.05) is 11.9 Å². The van der Waals surface area contributed by atoms with E-state index in [1.165, 1.54) is 18.3 Å². The van der Waals surface area contributed by atoms with Crippen LogP contribution < -0.4 is 10.6 Å². The van der Waals surface area contributed by atoms with Crippen LogP contribution in [0.2, 0.25) is 0 Å². The number of anilines is 1. The van der Waals surface area contributed by atoms with Gasteiger partial charge < -0.3 is 10.6 Å². The lowest BCUT2D eigenvalue weighted by Crippen LogP contribution is -2.41. The SMILES string of the molecule is CC(C)(C)NCC(=O)Nc1ccc(F)nc1. The molecule has 88 valence electrons. The lowest BCUT2D eigenvalue weighted by molar-refractivity contribution is -0.115. The zero-order valence-electron chi connectivity index (χ0n) is 9.67. The Bertz CT molecular complexity index is 356. The molecule has 1 aromatic rings. The Hall–Kier alpha value is -1.49. The molecule has 4 nitrogen and oxygen atoms in total. The fourth-order valence-electron chi connectivity index (χ4n) is 1.00. The summed E-state index contributed by atoms with van der Waals surface area (Å²) in [6, 6.07) is 2.67. The average molecular weight is 225 g/mol. The highest BCUT2D eigenvalue weighted by Crippen LogP contribution is 2.05. The minimum atomic E-state index is -0.564. The van der Waals surface area contributed by atoms with Crippen molar-refractivity contribution < 1.29 is 9.18 Å². The Morgan fingerprint density at radius 2 is 2.12 bits per heavy atom. The van der Waals surface area contributed by atoms with Crippen LogP contribution in [0.1, 0.15) is 20.8 Å². The van der Waals surface area contributed by atoms with Crippen LogP contribution in [-0.2, 0) is 4.79 Å². The summed E-state index contributed by atoms with van der Waals surface area (Å²) < 4.78 is 12.5. The average Bonchev–Trinajstić information content (AvgIpc) is 2.18. The molecule has 0 aliphatic carbocycles. The van der Waals surface area contributed by atoms with Gasteiger partial charge in [0.2, 0.25) is 11.9 Å². The van der Waals surface area contributed by atoms with E-state index >= 15 is 0 Å². The van der Waals surface area contributed by atoms with Crippen LogP contribution in [0.5, 0.6) is 0 Å². The zero-order valence-corrected chi connectivity index (χ0v) is 9.67. The fourth-order valence-corrected chi connectivity index (χ4v) is 1.00. The summed E-state index contributed by atoms with van der Waals surface area (Å²) in [4.78, 5) is 14.9. The van der Waals surface area contributed by atoms with Crippen LogP contribution in [0.3, 0.4) is 0 Å². The number of hydrogen-bond acceptors (Lipinski definition) is 3. The summed E-state index contributed by atoms with van der Waals surface area (Å²) in [5, 5.41) is 5.66. The van der Waals surface area contributed by atoms with E-state index in [0.29, 0.717) is 5.69 Å². The molecule has 0 bridgehead atoms. The van der Waals surface area contributed by atoms with Crippen LogP contribution in [0.4, 0.5) is 10.1 Å². The second-order valence-corrected chi connectivity index (χ2v) is 4.52. The second kappa shape index (κ2) is 5.03. The van der Waals surface area contributed by atoms with Crippen molar-refractivity contribution in [2.45, 2.75) is 26.3 Å². The molecule has 0 radical (unpaired) electrons. The largest absolute Gasteiger partial charge is 0.324 e.